The summed E-state index contributed by atoms with van der Waals surface area (Å²) in [5.74, 6) is 0.159. The Morgan fingerprint density at radius 1 is 1.70 bits per heavy atom. The van der Waals surface area contributed by atoms with Crippen LogP contribution in [0, 0.1) is 22.7 Å². The first-order chi connectivity index (χ1) is 4.75. The minimum atomic E-state index is -0.172. The van der Waals surface area contributed by atoms with Gasteiger partial charge >= 0.3 is 0 Å². The number of aliphatic hydroxyl groups excluding tert-OH is 1. The molecule has 0 spiro atoms. The zero-order chi connectivity index (χ0) is 7.61. The van der Waals surface area contributed by atoms with Gasteiger partial charge in [0.25, 0.3) is 0 Å². The van der Waals surface area contributed by atoms with Gasteiger partial charge in [0.05, 0.1) is 11.5 Å². The van der Waals surface area contributed by atoms with E-state index in [2.05, 4.69) is 6.07 Å². The molecule has 1 aliphatic rings. The first-order valence-electron chi connectivity index (χ1n) is 3.77. The summed E-state index contributed by atoms with van der Waals surface area (Å²) in [6, 6.07) is 2.31. The summed E-state index contributed by atoms with van der Waals surface area (Å²) in [6.07, 6.45) is 3.11. The zero-order valence-electron chi connectivity index (χ0n) is 6.30. The van der Waals surface area contributed by atoms with Gasteiger partial charge in [-0.1, -0.05) is 13.3 Å². The smallest absolute Gasteiger partial charge is 0.0693 e. The van der Waals surface area contributed by atoms with Crippen LogP contribution in [0.1, 0.15) is 26.2 Å². The average molecular weight is 139 g/mol. The molecule has 1 fully saturated rings. The third-order valence-electron chi connectivity index (χ3n) is 2.69. The molecule has 10 heavy (non-hydrogen) atoms. The quantitative estimate of drug-likeness (QED) is 0.626. The minimum Gasteiger partial charge on any atom is -0.396 e. The van der Waals surface area contributed by atoms with Crippen molar-refractivity contribution < 1.29 is 5.11 Å². The summed E-state index contributed by atoms with van der Waals surface area (Å²) in [7, 11) is 0. The Morgan fingerprint density at radius 2 is 2.30 bits per heavy atom. The van der Waals surface area contributed by atoms with Crippen LogP contribution in [0.3, 0.4) is 0 Å². The molecular formula is C8H13NO. The van der Waals surface area contributed by atoms with Crippen molar-refractivity contribution in [3.05, 3.63) is 0 Å². The number of aliphatic hydroxyl groups is 1. The van der Waals surface area contributed by atoms with Gasteiger partial charge in [-0.3, -0.25) is 0 Å². The Kier molecular flexibility index (Phi) is 1.96. The van der Waals surface area contributed by atoms with Crippen molar-refractivity contribution in [1.29, 1.82) is 5.26 Å². The van der Waals surface area contributed by atoms with Gasteiger partial charge < -0.3 is 5.11 Å². The molecule has 2 nitrogen and oxygen atoms in total. The van der Waals surface area contributed by atoms with Gasteiger partial charge in [0, 0.05) is 6.61 Å². The Morgan fingerprint density at radius 3 is 2.40 bits per heavy atom. The first-order valence-corrected chi connectivity index (χ1v) is 3.77. The first kappa shape index (κ1) is 7.56. The number of nitrogens with zero attached hydrogens (tertiary/aromatic N) is 1. The molecule has 1 atom stereocenters. The van der Waals surface area contributed by atoms with E-state index in [0.717, 1.165) is 19.3 Å². The van der Waals surface area contributed by atoms with Crippen LogP contribution in [0.15, 0.2) is 0 Å². The molecule has 1 N–H and O–H groups in total. The van der Waals surface area contributed by atoms with Crippen LogP contribution in [0.4, 0.5) is 0 Å². The monoisotopic (exact) mass is 139 g/mol. The Hall–Kier alpha value is -0.550. The molecule has 1 rings (SSSR count). The highest BCUT2D eigenvalue weighted by Crippen LogP contribution is 2.46. The Bertz CT molecular complexity index is 155. The standard InChI is InChI=1S/C8H13NO/c1-7(5-10)8(6-9)3-2-4-8/h7,10H,2-5H2,1H3. The molecule has 56 valence electrons. The molecule has 0 aromatic carbocycles. The predicted molar refractivity (Wildman–Crippen MR) is 38.1 cm³/mol. The van der Waals surface area contributed by atoms with E-state index in [0.29, 0.717) is 0 Å². The highest BCUT2D eigenvalue weighted by molar-refractivity contribution is 5.06. The van der Waals surface area contributed by atoms with E-state index in [1.165, 1.54) is 0 Å². The van der Waals surface area contributed by atoms with Crippen molar-refractivity contribution >= 4 is 0 Å². The fraction of sp³-hybridized carbons (Fsp3) is 0.875. The van der Waals surface area contributed by atoms with E-state index in [-0.39, 0.29) is 17.9 Å². The second-order valence-corrected chi connectivity index (χ2v) is 3.21. The highest BCUT2D eigenvalue weighted by Gasteiger charge is 2.41. The van der Waals surface area contributed by atoms with E-state index in [9.17, 15) is 0 Å². The van der Waals surface area contributed by atoms with Crippen LogP contribution < -0.4 is 0 Å². The van der Waals surface area contributed by atoms with Crippen molar-refractivity contribution in [2.45, 2.75) is 26.2 Å². The van der Waals surface area contributed by atoms with Crippen LogP contribution in [0.5, 0.6) is 0 Å². The lowest BCUT2D eigenvalue weighted by Crippen LogP contribution is -2.36. The molecule has 1 unspecified atom stereocenters. The molecule has 0 heterocycles. The van der Waals surface area contributed by atoms with Gasteiger partial charge in [0.2, 0.25) is 0 Å². The van der Waals surface area contributed by atoms with Gasteiger partial charge in [0.1, 0.15) is 0 Å². The molecule has 0 bridgehead atoms. The Balaban J connectivity index is 2.57. The van der Waals surface area contributed by atoms with E-state index < -0.39 is 0 Å². The summed E-state index contributed by atoms with van der Waals surface area (Å²) < 4.78 is 0. The van der Waals surface area contributed by atoms with Gasteiger partial charge in [-0.25, -0.2) is 0 Å². The third-order valence-corrected chi connectivity index (χ3v) is 2.69. The normalized spacial score (nSPS) is 24.5. The summed E-state index contributed by atoms with van der Waals surface area (Å²) in [4.78, 5) is 0. The predicted octanol–water partition coefficient (Wildman–Crippen LogP) is 1.31. The average Bonchev–Trinajstić information content (AvgIpc) is 1.86. The summed E-state index contributed by atoms with van der Waals surface area (Å²) in [6.45, 7) is 2.09. The van der Waals surface area contributed by atoms with E-state index in [4.69, 9.17) is 10.4 Å². The molecule has 0 radical (unpaired) electrons. The summed E-state index contributed by atoms with van der Waals surface area (Å²) >= 11 is 0. The fourth-order valence-electron chi connectivity index (χ4n) is 1.45. The van der Waals surface area contributed by atoms with Crippen molar-refractivity contribution in [3.8, 4) is 6.07 Å². The van der Waals surface area contributed by atoms with Crippen LogP contribution in [0.25, 0.3) is 0 Å². The number of nitriles is 1. The Labute approximate surface area is 61.5 Å². The molecule has 0 aromatic heterocycles. The maximum Gasteiger partial charge on any atom is 0.0693 e. The van der Waals surface area contributed by atoms with Gasteiger partial charge in [0.15, 0.2) is 0 Å². The fourth-order valence-corrected chi connectivity index (χ4v) is 1.45. The van der Waals surface area contributed by atoms with Crippen LogP contribution in [-0.4, -0.2) is 11.7 Å². The van der Waals surface area contributed by atoms with Crippen LogP contribution in [0.2, 0.25) is 0 Å². The highest BCUT2D eigenvalue weighted by atomic mass is 16.3. The SMILES string of the molecule is CC(CO)C1(C#N)CCC1. The third kappa shape index (κ3) is 0.911. The summed E-state index contributed by atoms with van der Waals surface area (Å²) in [5.41, 5.74) is -0.172. The van der Waals surface area contributed by atoms with Crippen molar-refractivity contribution in [2.75, 3.05) is 6.61 Å². The molecular weight excluding hydrogens is 126 g/mol. The molecule has 1 saturated carbocycles. The van der Waals surface area contributed by atoms with Crippen molar-refractivity contribution in [3.63, 3.8) is 0 Å². The van der Waals surface area contributed by atoms with Gasteiger partial charge in [-0.15, -0.1) is 0 Å². The molecule has 1 aliphatic carbocycles. The second-order valence-electron chi connectivity index (χ2n) is 3.21. The number of rotatable bonds is 2. The molecule has 2 heteroatoms. The lowest BCUT2D eigenvalue weighted by Gasteiger charge is -2.39. The molecule has 0 saturated heterocycles. The lowest BCUT2D eigenvalue weighted by atomic mass is 9.63. The number of hydrogen-bond acceptors (Lipinski definition) is 2. The topological polar surface area (TPSA) is 44.0 Å². The van der Waals surface area contributed by atoms with E-state index >= 15 is 0 Å². The van der Waals surface area contributed by atoms with E-state index in [1.54, 1.807) is 0 Å². The molecule has 0 aliphatic heterocycles. The second kappa shape index (κ2) is 2.59. The molecule has 0 amide bonds. The van der Waals surface area contributed by atoms with Gasteiger partial charge in [-0.05, 0) is 18.8 Å². The van der Waals surface area contributed by atoms with Crippen molar-refractivity contribution in [2.24, 2.45) is 11.3 Å². The molecule has 0 aromatic rings. The van der Waals surface area contributed by atoms with Crippen LogP contribution in [-0.2, 0) is 0 Å². The van der Waals surface area contributed by atoms with Gasteiger partial charge in [-0.2, -0.15) is 5.26 Å². The maximum atomic E-state index is 8.82. The summed E-state index contributed by atoms with van der Waals surface area (Å²) in [5, 5.41) is 17.6. The van der Waals surface area contributed by atoms with Crippen molar-refractivity contribution in [1.82, 2.24) is 0 Å². The van der Waals surface area contributed by atoms with Crippen LogP contribution >= 0.6 is 0 Å². The largest absolute Gasteiger partial charge is 0.396 e. The number of hydrogen-bond donors (Lipinski definition) is 1. The minimum absolute atomic E-state index is 0.146. The lowest BCUT2D eigenvalue weighted by molar-refractivity contribution is 0.0767. The maximum absolute atomic E-state index is 8.82. The van der Waals surface area contributed by atoms with E-state index in [1.807, 2.05) is 6.92 Å². The zero-order valence-corrected chi connectivity index (χ0v) is 6.30.